The first kappa shape index (κ1) is 30.6. The molecule has 1 aromatic heterocycles. The smallest absolute Gasteiger partial charge is 0.303 e. The molecule has 2 heterocycles. The number of ether oxygens (including phenoxy) is 4. The number of unbranched alkanes of at least 4 members (excludes halogenated alkanes) is 4. The van der Waals surface area contributed by atoms with Gasteiger partial charge in [-0.05, 0) is 24.8 Å². The van der Waals surface area contributed by atoms with Crippen molar-refractivity contribution < 1.29 is 33.3 Å². The first-order valence-electron chi connectivity index (χ1n) is 12.5. The van der Waals surface area contributed by atoms with E-state index >= 15 is 0 Å². The number of terminal acetylenes is 1. The molecule has 0 bridgehead atoms. The molecule has 208 valence electrons. The highest BCUT2D eigenvalue weighted by Crippen LogP contribution is 2.28. The normalized spacial score (nSPS) is 22.5. The average Bonchev–Trinajstić information content (AvgIpc) is 3.30. The van der Waals surface area contributed by atoms with E-state index in [1.54, 1.807) is 4.68 Å². The molecule has 0 unspecified atom stereocenters. The summed E-state index contributed by atoms with van der Waals surface area (Å²) in [5, 5.41) is 14.5. The number of hydrogen-bond acceptors (Lipinski definition) is 10. The maximum absolute atomic E-state index is 12.0. The van der Waals surface area contributed by atoms with E-state index in [0.717, 1.165) is 44.2 Å². The van der Waals surface area contributed by atoms with E-state index in [9.17, 15) is 14.4 Å². The lowest BCUT2D eigenvalue weighted by molar-refractivity contribution is -0.270. The van der Waals surface area contributed by atoms with E-state index in [1.165, 1.54) is 20.8 Å². The van der Waals surface area contributed by atoms with Gasteiger partial charge < -0.3 is 24.3 Å². The molecule has 1 N–H and O–H groups in total. The van der Waals surface area contributed by atoms with Gasteiger partial charge in [-0.1, -0.05) is 23.2 Å². The molecule has 1 fully saturated rings. The zero-order valence-corrected chi connectivity index (χ0v) is 21.9. The number of nitrogens with zero attached hydrogens (tertiary/aromatic N) is 6. The summed E-state index contributed by atoms with van der Waals surface area (Å²) in [5.41, 5.74) is 9.65. The van der Waals surface area contributed by atoms with Gasteiger partial charge in [0.05, 0.1) is 25.4 Å². The zero-order valence-electron chi connectivity index (χ0n) is 21.9. The molecule has 1 saturated heterocycles. The molecule has 1 aromatic rings. The van der Waals surface area contributed by atoms with Gasteiger partial charge in [-0.25, -0.2) is 4.68 Å². The molecule has 38 heavy (non-hydrogen) atoms. The molecule has 0 spiro atoms. The van der Waals surface area contributed by atoms with Crippen molar-refractivity contribution in [3.05, 3.63) is 22.3 Å². The number of amides is 1. The van der Waals surface area contributed by atoms with Gasteiger partial charge in [0.15, 0.2) is 18.5 Å². The van der Waals surface area contributed by atoms with Crippen LogP contribution in [0.4, 0.5) is 0 Å². The molecule has 5 atom stereocenters. The minimum atomic E-state index is -1.16. The SMILES string of the molecule is C#CCCCCCCc1cn(CCO[C@H]2O[C@H](CN=[N+]=[N-])[C@@H](OC(C)=O)[C@H](OC(C)=O)[C@H]2NC(C)=O)nn1. The second kappa shape index (κ2) is 16.2. The predicted molar refractivity (Wildman–Crippen MR) is 133 cm³/mol. The average molecular weight is 534 g/mol. The van der Waals surface area contributed by atoms with Crippen LogP contribution in [0.25, 0.3) is 10.4 Å². The minimum absolute atomic E-state index is 0.106. The maximum Gasteiger partial charge on any atom is 0.303 e. The Bertz CT molecular complexity index is 1020. The summed E-state index contributed by atoms with van der Waals surface area (Å²) in [5.74, 6) is 0.855. The van der Waals surface area contributed by atoms with Crippen LogP contribution >= 0.6 is 0 Å². The summed E-state index contributed by atoms with van der Waals surface area (Å²) in [4.78, 5) is 38.3. The molecular weight excluding hydrogens is 498 g/mol. The molecule has 0 radical (unpaired) electrons. The summed E-state index contributed by atoms with van der Waals surface area (Å²) in [7, 11) is 0. The summed E-state index contributed by atoms with van der Waals surface area (Å²) in [6.45, 7) is 3.85. The van der Waals surface area contributed by atoms with Crippen LogP contribution in [0.3, 0.4) is 0 Å². The van der Waals surface area contributed by atoms with Gasteiger partial charge in [-0.15, -0.1) is 17.4 Å². The van der Waals surface area contributed by atoms with Gasteiger partial charge in [-0.3, -0.25) is 14.4 Å². The summed E-state index contributed by atoms with van der Waals surface area (Å²) in [6.07, 6.45) is 8.44. The van der Waals surface area contributed by atoms with Crippen LogP contribution in [0.2, 0.25) is 0 Å². The van der Waals surface area contributed by atoms with Gasteiger partial charge in [0.2, 0.25) is 5.91 Å². The topological polar surface area (TPSA) is 180 Å². The molecule has 0 aromatic carbocycles. The van der Waals surface area contributed by atoms with Crippen LogP contribution in [0.1, 0.15) is 58.6 Å². The number of azide groups is 1. The lowest BCUT2D eigenvalue weighted by Gasteiger charge is -2.44. The Morgan fingerprint density at radius 1 is 1.18 bits per heavy atom. The highest BCUT2D eigenvalue weighted by molar-refractivity contribution is 5.73. The van der Waals surface area contributed by atoms with E-state index in [-0.39, 0.29) is 13.2 Å². The van der Waals surface area contributed by atoms with Gasteiger partial charge in [-0.2, -0.15) is 0 Å². The van der Waals surface area contributed by atoms with Gasteiger partial charge in [0.1, 0.15) is 12.1 Å². The molecule has 0 saturated carbocycles. The van der Waals surface area contributed by atoms with Crippen molar-refractivity contribution in [2.24, 2.45) is 5.11 Å². The molecule has 0 aliphatic carbocycles. The molecule has 14 nitrogen and oxygen atoms in total. The van der Waals surface area contributed by atoms with Gasteiger partial charge >= 0.3 is 11.9 Å². The second-order valence-corrected chi connectivity index (χ2v) is 8.79. The van der Waals surface area contributed by atoms with Gasteiger partial charge in [0, 0.05) is 38.3 Å². The Kier molecular flexibility index (Phi) is 13.1. The van der Waals surface area contributed by atoms with Crippen molar-refractivity contribution in [2.75, 3.05) is 13.2 Å². The van der Waals surface area contributed by atoms with E-state index in [1.807, 2.05) is 6.20 Å². The molecule has 1 amide bonds. The Morgan fingerprint density at radius 3 is 2.55 bits per heavy atom. The molecule has 1 aliphatic rings. The quantitative estimate of drug-likeness (QED) is 0.0878. The van der Waals surface area contributed by atoms with Crippen molar-refractivity contribution in [1.82, 2.24) is 20.3 Å². The van der Waals surface area contributed by atoms with Crippen molar-refractivity contribution in [1.29, 1.82) is 0 Å². The van der Waals surface area contributed by atoms with Gasteiger partial charge in [0.25, 0.3) is 0 Å². The lowest BCUT2D eigenvalue weighted by Crippen LogP contribution is -2.66. The Morgan fingerprint density at radius 2 is 1.89 bits per heavy atom. The van der Waals surface area contributed by atoms with Crippen LogP contribution in [0.15, 0.2) is 11.3 Å². The Balaban J connectivity index is 2.07. The fourth-order valence-corrected chi connectivity index (χ4v) is 4.07. The van der Waals surface area contributed by atoms with Crippen LogP contribution in [0.5, 0.6) is 0 Å². The largest absolute Gasteiger partial charge is 0.456 e. The van der Waals surface area contributed by atoms with Crippen LogP contribution in [-0.2, 0) is 46.3 Å². The Labute approximate surface area is 221 Å². The number of carbonyl (C=O) groups is 3. The number of aromatic nitrogens is 3. The van der Waals surface area contributed by atoms with E-state index < -0.39 is 48.5 Å². The van der Waals surface area contributed by atoms with Crippen LogP contribution in [-0.4, -0.2) is 76.6 Å². The minimum Gasteiger partial charge on any atom is -0.456 e. The highest BCUT2D eigenvalue weighted by atomic mass is 16.7. The standard InChI is InChI=1S/C24H35N7O7/c1-5-6-7-8-9-10-11-19-15-31(30-28-19)12-13-35-24-21(27-16(2)32)23(37-18(4)34)22(36-17(3)33)20(38-24)14-26-29-25/h1,15,20-24H,6-14H2,2-4H3,(H,27,32)/t20-,21-,22-,23-,24+/m1/s1. The third-order valence-corrected chi connectivity index (χ3v) is 5.64. The maximum atomic E-state index is 12.0. The van der Waals surface area contributed by atoms with E-state index in [0.29, 0.717) is 6.54 Å². The highest BCUT2D eigenvalue weighted by Gasteiger charge is 2.50. The fourth-order valence-electron chi connectivity index (χ4n) is 4.07. The number of carbonyl (C=O) groups excluding carboxylic acids is 3. The molecule has 1 aliphatic heterocycles. The third kappa shape index (κ3) is 10.4. The van der Waals surface area contributed by atoms with Crippen molar-refractivity contribution in [2.45, 2.75) is 96.5 Å². The van der Waals surface area contributed by atoms with Crippen molar-refractivity contribution >= 4 is 17.8 Å². The van der Waals surface area contributed by atoms with Crippen LogP contribution in [0, 0.1) is 12.3 Å². The third-order valence-electron chi connectivity index (χ3n) is 5.64. The molecule has 14 heteroatoms. The Hall–Kier alpha value is -3.66. The molecular formula is C24H35N7O7. The number of hydrogen-bond donors (Lipinski definition) is 1. The number of aryl methyl sites for hydroxylation is 1. The summed E-state index contributed by atoms with van der Waals surface area (Å²) < 4.78 is 24.3. The van der Waals surface area contributed by atoms with Crippen molar-refractivity contribution in [3.8, 4) is 12.3 Å². The summed E-state index contributed by atoms with van der Waals surface area (Å²) in [6, 6.07) is -1.01. The number of rotatable bonds is 15. The predicted octanol–water partition coefficient (Wildman–Crippen LogP) is 1.82. The zero-order chi connectivity index (χ0) is 27.9. The van der Waals surface area contributed by atoms with Crippen LogP contribution < -0.4 is 5.32 Å². The van der Waals surface area contributed by atoms with E-state index in [2.05, 4.69) is 31.6 Å². The summed E-state index contributed by atoms with van der Waals surface area (Å²) >= 11 is 0. The van der Waals surface area contributed by atoms with Crippen molar-refractivity contribution in [3.63, 3.8) is 0 Å². The first-order chi connectivity index (χ1) is 18.2. The second-order valence-electron chi connectivity index (χ2n) is 8.79. The molecule has 2 rings (SSSR count). The number of nitrogens with one attached hydrogen (secondary N) is 1. The number of esters is 2. The van der Waals surface area contributed by atoms with E-state index in [4.69, 9.17) is 30.9 Å². The first-order valence-corrected chi connectivity index (χ1v) is 12.5. The fraction of sp³-hybridized carbons (Fsp3) is 0.708. The lowest BCUT2D eigenvalue weighted by atomic mass is 9.95. The monoisotopic (exact) mass is 533 g/mol.